The summed E-state index contributed by atoms with van der Waals surface area (Å²) in [5.41, 5.74) is 2.36. The van der Waals surface area contributed by atoms with Crippen LogP contribution in [0.5, 0.6) is 0 Å². The van der Waals surface area contributed by atoms with E-state index >= 15 is 0 Å². The van der Waals surface area contributed by atoms with Crippen LogP contribution in [0.3, 0.4) is 0 Å². The van der Waals surface area contributed by atoms with Crippen LogP contribution in [0.2, 0.25) is 0 Å². The zero-order valence-electron chi connectivity index (χ0n) is 11.3. The molecule has 0 spiro atoms. The van der Waals surface area contributed by atoms with Crippen molar-refractivity contribution in [2.75, 3.05) is 13.7 Å². The van der Waals surface area contributed by atoms with Crippen molar-refractivity contribution in [2.24, 2.45) is 0 Å². The van der Waals surface area contributed by atoms with Crippen LogP contribution < -0.4 is 10.6 Å². The molecule has 0 unspecified atom stereocenters. The Hall–Kier alpha value is -1.39. The van der Waals surface area contributed by atoms with Crippen LogP contribution in [0, 0.1) is 0 Å². The third-order valence-corrected chi connectivity index (χ3v) is 2.98. The summed E-state index contributed by atoms with van der Waals surface area (Å²) in [6, 6.07) is 8.14. The van der Waals surface area contributed by atoms with E-state index in [1.54, 1.807) is 0 Å². The van der Waals surface area contributed by atoms with Gasteiger partial charge in [-0.2, -0.15) is 0 Å². The molecule has 0 aromatic heterocycles. The maximum Gasteiger partial charge on any atom is 0.245 e. The second kappa shape index (κ2) is 6.52. The van der Waals surface area contributed by atoms with Gasteiger partial charge in [-0.05, 0) is 38.4 Å². The molecule has 100 valence electrons. The number of benzene rings is 1. The van der Waals surface area contributed by atoms with Gasteiger partial charge < -0.3 is 15.7 Å². The lowest BCUT2D eigenvalue weighted by molar-refractivity contribution is -0.123. The van der Waals surface area contributed by atoms with Gasteiger partial charge in [0.15, 0.2) is 0 Å². The summed E-state index contributed by atoms with van der Waals surface area (Å²) >= 11 is 0. The Kier molecular flexibility index (Phi) is 5.31. The molecule has 4 heteroatoms. The highest BCUT2D eigenvalue weighted by Gasteiger charge is 2.14. The molecule has 0 atom stereocenters. The number of rotatable bonds is 6. The third kappa shape index (κ3) is 4.85. The molecule has 0 saturated heterocycles. The van der Waals surface area contributed by atoms with Gasteiger partial charge in [-0.25, -0.2) is 0 Å². The van der Waals surface area contributed by atoms with Crippen molar-refractivity contribution >= 4 is 5.91 Å². The fourth-order valence-electron chi connectivity index (χ4n) is 1.63. The van der Waals surface area contributed by atoms with Crippen LogP contribution in [0.25, 0.3) is 0 Å². The lowest BCUT2D eigenvalue weighted by Crippen LogP contribution is -2.38. The van der Waals surface area contributed by atoms with E-state index in [1.165, 1.54) is 5.56 Å². The van der Waals surface area contributed by atoms with Crippen LogP contribution in [-0.4, -0.2) is 30.2 Å². The Morgan fingerprint density at radius 2 is 1.78 bits per heavy atom. The van der Waals surface area contributed by atoms with Gasteiger partial charge in [0.25, 0.3) is 0 Å². The standard InChI is InChI=1S/C14H22N2O2/c1-14(2,15-3)8-11-4-6-12(7-5-11)9-16-13(18)10-17/h4-7,15,17H,8-10H2,1-3H3,(H,16,18). The topological polar surface area (TPSA) is 61.4 Å². The summed E-state index contributed by atoms with van der Waals surface area (Å²) in [5.74, 6) is -0.351. The highest BCUT2D eigenvalue weighted by atomic mass is 16.3. The van der Waals surface area contributed by atoms with Gasteiger partial charge in [-0.1, -0.05) is 24.3 Å². The predicted molar refractivity (Wildman–Crippen MR) is 72.2 cm³/mol. The van der Waals surface area contributed by atoms with E-state index in [2.05, 4.69) is 36.6 Å². The van der Waals surface area contributed by atoms with Crippen molar-refractivity contribution in [3.8, 4) is 0 Å². The molecule has 4 nitrogen and oxygen atoms in total. The van der Waals surface area contributed by atoms with Crippen LogP contribution in [0.4, 0.5) is 0 Å². The van der Waals surface area contributed by atoms with E-state index in [1.807, 2.05) is 19.2 Å². The molecule has 0 radical (unpaired) electrons. The van der Waals surface area contributed by atoms with E-state index in [0.29, 0.717) is 6.54 Å². The van der Waals surface area contributed by atoms with Crippen LogP contribution >= 0.6 is 0 Å². The lowest BCUT2D eigenvalue weighted by atomic mass is 9.95. The Morgan fingerprint density at radius 3 is 2.28 bits per heavy atom. The molecule has 0 bridgehead atoms. The monoisotopic (exact) mass is 250 g/mol. The first-order valence-corrected chi connectivity index (χ1v) is 6.11. The minimum absolute atomic E-state index is 0.0760. The van der Waals surface area contributed by atoms with Gasteiger partial charge in [-0.15, -0.1) is 0 Å². The Balaban J connectivity index is 2.55. The van der Waals surface area contributed by atoms with Gasteiger partial charge >= 0.3 is 0 Å². The second-order valence-electron chi connectivity index (χ2n) is 5.06. The molecule has 0 heterocycles. The predicted octanol–water partition coefficient (Wildman–Crippen LogP) is 0.836. The zero-order chi connectivity index (χ0) is 13.6. The van der Waals surface area contributed by atoms with E-state index in [9.17, 15) is 4.79 Å². The van der Waals surface area contributed by atoms with Crippen molar-refractivity contribution in [1.82, 2.24) is 10.6 Å². The van der Waals surface area contributed by atoms with Crippen LogP contribution in [-0.2, 0) is 17.8 Å². The summed E-state index contributed by atoms with van der Waals surface area (Å²) in [6.07, 6.45) is 0.951. The minimum Gasteiger partial charge on any atom is -0.387 e. The molecule has 0 aliphatic heterocycles. The molecular formula is C14H22N2O2. The number of carbonyl (C=O) groups is 1. The first-order valence-electron chi connectivity index (χ1n) is 6.11. The van der Waals surface area contributed by atoms with Crippen molar-refractivity contribution in [1.29, 1.82) is 0 Å². The number of amides is 1. The summed E-state index contributed by atoms with van der Waals surface area (Å²) in [6.45, 7) is 4.30. The first kappa shape index (κ1) is 14.7. The van der Waals surface area contributed by atoms with Crippen molar-refractivity contribution in [3.05, 3.63) is 35.4 Å². The maximum absolute atomic E-state index is 10.9. The van der Waals surface area contributed by atoms with Gasteiger partial charge in [0, 0.05) is 12.1 Å². The maximum atomic E-state index is 10.9. The molecule has 1 rings (SSSR count). The van der Waals surface area contributed by atoms with Crippen LogP contribution in [0.1, 0.15) is 25.0 Å². The number of aliphatic hydroxyl groups excluding tert-OH is 1. The zero-order valence-corrected chi connectivity index (χ0v) is 11.3. The van der Waals surface area contributed by atoms with Crippen LogP contribution in [0.15, 0.2) is 24.3 Å². The third-order valence-electron chi connectivity index (χ3n) is 2.98. The minimum atomic E-state index is -0.464. The summed E-state index contributed by atoms with van der Waals surface area (Å²) in [5, 5.41) is 14.5. The second-order valence-corrected chi connectivity index (χ2v) is 5.06. The lowest BCUT2D eigenvalue weighted by Gasteiger charge is -2.24. The van der Waals surface area contributed by atoms with Crippen molar-refractivity contribution in [3.63, 3.8) is 0 Å². The molecule has 18 heavy (non-hydrogen) atoms. The number of hydrogen-bond acceptors (Lipinski definition) is 3. The number of nitrogens with one attached hydrogen (secondary N) is 2. The van der Waals surface area contributed by atoms with Gasteiger partial charge in [0.05, 0.1) is 0 Å². The molecule has 1 amide bonds. The molecule has 0 aliphatic rings. The molecule has 1 aromatic rings. The van der Waals surface area contributed by atoms with Crippen molar-refractivity contribution < 1.29 is 9.90 Å². The van der Waals surface area contributed by atoms with E-state index in [4.69, 9.17) is 5.11 Å². The van der Waals surface area contributed by atoms with Gasteiger partial charge in [0.2, 0.25) is 5.91 Å². The Bertz CT molecular complexity index is 385. The van der Waals surface area contributed by atoms with E-state index < -0.39 is 6.61 Å². The summed E-state index contributed by atoms with van der Waals surface area (Å²) in [7, 11) is 1.96. The Morgan fingerprint density at radius 1 is 1.22 bits per heavy atom. The highest BCUT2D eigenvalue weighted by molar-refractivity contribution is 5.76. The molecule has 0 aliphatic carbocycles. The first-order chi connectivity index (χ1) is 8.46. The van der Waals surface area contributed by atoms with E-state index in [-0.39, 0.29) is 11.4 Å². The molecule has 1 aromatic carbocycles. The Labute approximate surface area is 108 Å². The summed E-state index contributed by atoms with van der Waals surface area (Å²) in [4.78, 5) is 10.9. The van der Waals surface area contributed by atoms with Gasteiger partial charge in [0.1, 0.15) is 6.61 Å². The molecular weight excluding hydrogens is 228 g/mol. The smallest absolute Gasteiger partial charge is 0.245 e. The average Bonchev–Trinajstić information content (AvgIpc) is 2.37. The number of carbonyl (C=O) groups excluding carboxylic acids is 1. The SMILES string of the molecule is CNC(C)(C)Cc1ccc(CNC(=O)CO)cc1. The number of hydrogen-bond donors (Lipinski definition) is 3. The quantitative estimate of drug-likeness (QED) is 0.701. The molecule has 0 saturated carbocycles. The van der Waals surface area contributed by atoms with Gasteiger partial charge in [-0.3, -0.25) is 4.79 Å². The average molecular weight is 250 g/mol. The van der Waals surface area contributed by atoms with Crippen molar-refractivity contribution in [2.45, 2.75) is 32.4 Å². The number of likely N-dealkylation sites (N-methyl/N-ethyl adjacent to an activating group) is 1. The van der Waals surface area contributed by atoms with E-state index in [0.717, 1.165) is 12.0 Å². The largest absolute Gasteiger partial charge is 0.387 e. The summed E-state index contributed by atoms with van der Waals surface area (Å²) < 4.78 is 0. The normalized spacial score (nSPS) is 11.3. The highest BCUT2D eigenvalue weighted by Crippen LogP contribution is 2.13. The molecule has 0 fully saturated rings. The fourth-order valence-corrected chi connectivity index (χ4v) is 1.63. The fraction of sp³-hybridized carbons (Fsp3) is 0.500. The molecule has 3 N–H and O–H groups in total. The number of aliphatic hydroxyl groups is 1.